The van der Waals surface area contributed by atoms with Crippen LogP contribution in [0, 0.1) is 22.7 Å². The lowest BCUT2D eigenvalue weighted by atomic mass is 9.40. The summed E-state index contributed by atoms with van der Waals surface area (Å²) < 4.78 is 18.4. The van der Waals surface area contributed by atoms with Gasteiger partial charge in [0.1, 0.15) is 24.9 Å². The van der Waals surface area contributed by atoms with Gasteiger partial charge in [-0.05, 0) is 74.0 Å². The number of nitrogens with zero attached hydrogens (tertiary/aromatic N) is 1. The number of benzene rings is 2. The first-order valence-electron chi connectivity index (χ1n) is 15.1. The predicted octanol–water partition coefficient (Wildman–Crippen LogP) is 5.02. The fraction of sp³-hybridized carbons (Fsp3) is 0.486. The van der Waals surface area contributed by atoms with Crippen molar-refractivity contribution in [2.45, 2.75) is 57.0 Å². The Balaban J connectivity index is 0.961. The Labute approximate surface area is 242 Å². The van der Waals surface area contributed by atoms with Crippen molar-refractivity contribution in [1.82, 2.24) is 4.90 Å². The highest BCUT2D eigenvalue weighted by atomic mass is 16.6. The van der Waals surface area contributed by atoms with E-state index in [0.29, 0.717) is 12.6 Å². The van der Waals surface area contributed by atoms with Gasteiger partial charge in [0, 0.05) is 29.4 Å². The predicted molar refractivity (Wildman–Crippen MR) is 156 cm³/mol. The molecule has 0 aromatic heterocycles. The summed E-state index contributed by atoms with van der Waals surface area (Å²) in [5.74, 6) is 0.225. The number of carbonyl (C=O) groups is 2. The zero-order valence-electron chi connectivity index (χ0n) is 23.9. The first-order valence-corrected chi connectivity index (χ1v) is 15.1. The Kier molecular flexibility index (Phi) is 6.76. The monoisotopic (exact) mass is 553 g/mol. The highest BCUT2D eigenvalue weighted by Crippen LogP contribution is 2.71. The summed E-state index contributed by atoms with van der Waals surface area (Å²) >= 11 is 0. The normalized spacial score (nSPS) is 36.7. The molecule has 3 aliphatic carbocycles. The first kappa shape index (κ1) is 26.8. The van der Waals surface area contributed by atoms with Crippen LogP contribution in [-0.2, 0) is 30.2 Å². The third-order valence-electron chi connectivity index (χ3n) is 10.9. The number of piperidine rings is 1. The summed E-state index contributed by atoms with van der Waals surface area (Å²) in [5.41, 5.74) is 3.14. The lowest BCUT2D eigenvalue weighted by Crippen LogP contribution is -2.70. The Bertz CT molecular complexity index is 1370. The molecule has 6 heteroatoms. The first-order chi connectivity index (χ1) is 19.9. The molecule has 8 atom stereocenters. The molecule has 7 rings (SSSR count). The molecule has 0 amide bonds. The number of hydrogen-bond acceptors (Lipinski definition) is 6. The maximum absolute atomic E-state index is 13.1. The zero-order valence-corrected chi connectivity index (χ0v) is 23.9. The van der Waals surface area contributed by atoms with E-state index in [-0.39, 0.29) is 47.1 Å². The molecule has 3 fully saturated rings. The van der Waals surface area contributed by atoms with E-state index in [0.717, 1.165) is 32.2 Å². The molecule has 6 nitrogen and oxygen atoms in total. The minimum Gasteiger partial charge on any atom is -0.454 e. The van der Waals surface area contributed by atoms with Gasteiger partial charge in [-0.25, -0.2) is 4.79 Å². The average molecular weight is 554 g/mol. The van der Waals surface area contributed by atoms with E-state index < -0.39 is 12.2 Å². The van der Waals surface area contributed by atoms with Crippen LogP contribution < -0.4 is 0 Å². The van der Waals surface area contributed by atoms with Crippen LogP contribution in [0.3, 0.4) is 0 Å². The van der Waals surface area contributed by atoms with Crippen molar-refractivity contribution in [2.75, 3.05) is 26.8 Å². The third kappa shape index (κ3) is 4.17. The Morgan fingerprint density at radius 1 is 1.05 bits per heavy atom. The lowest BCUT2D eigenvalue weighted by Gasteiger charge is -2.65. The van der Waals surface area contributed by atoms with Crippen LogP contribution in [0.4, 0.5) is 0 Å². The molecule has 1 spiro atoms. The van der Waals surface area contributed by atoms with Gasteiger partial charge < -0.3 is 19.1 Å². The second kappa shape index (κ2) is 10.3. The number of allylic oxidation sites excluding steroid dienone is 1. The van der Waals surface area contributed by atoms with E-state index in [1.807, 2.05) is 24.3 Å². The number of carbonyl (C=O) groups excluding carboxylic acids is 2. The van der Waals surface area contributed by atoms with Crippen molar-refractivity contribution in [1.29, 1.82) is 0 Å². The number of ketones is 1. The molecule has 0 radical (unpaired) electrons. The van der Waals surface area contributed by atoms with Gasteiger partial charge in [0.15, 0.2) is 5.78 Å². The number of aryl methyl sites for hydroxylation is 1. The molecular formula is C35H39NO5. The summed E-state index contributed by atoms with van der Waals surface area (Å²) in [5, 5.41) is 0. The maximum atomic E-state index is 13.1. The zero-order chi connectivity index (χ0) is 28.2. The lowest BCUT2D eigenvalue weighted by molar-refractivity contribution is -0.177. The van der Waals surface area contributed by atoms with Crippen molar-refractivity contribution in [2.24, 2.45) is 22.7 Å². The van der Waals surface area contributed by atoms with Crippen molar-refractivity contribution in [3.63, 3.8) is 0 Å². The molecule has 2 aromatic rings. The van der Waals surface area contributed by atoms with Crippen LogP contribution in [0.5, 0.6) is 0 Å². The van der Waals surface area contributed by atoms with Crippen LogP contribution in [-0.4, -0.2) is 67.8 Å². The van der Waals surface area contributed by atoms with Gasteiger partial charge in [-0.1, -0.05) is 73.7 Å². The molecule has 2 heterocycles. The number of esters is 1. The van der Waals surface area contributed by atoms with E-state index in [1.54, 1.807) is 6.08 Å². The molecule has 0 N–H and O–H groups in total. The van der Waals surface area contributed by atoms with Crippen molar-refractivity contribution in [3.8, 4) is 11.1 Å². The average Bonchev–Trinajstić information content (AvgIpc) is 3.27. The molecular weight excluding hydrogens is 514 g/mol. The molecule has 1 saturated carbocycles. The maximum Gasteiger partial charge on any atom is 0.332 e. The molecule has 2 aliphatic heterocycles. The minimum absolute atomic E-state index is 0.0479. The molecule has 5 aliphatic rings. The number of hydrogen-bond donors (Lipinski definition) is 0. The van der Waals surface area contributed by atoms with Gasteiger partial charge >= 0.3 is 5.97 Å². The van der Waals surface area contributed by atoms with Gasteiger partial charge in [0.2, 0.25) is 0 Å². The van der Waals surface area contributed by atoms with Crippen LogP contribution in [0.25, 0.3) is 11.1 Å². The Morgan fingerprint density at radius 2 is 1.83 bits per heavy atom. The smallest absolute Gasteiger partial charge is 0.332 e. The van der Waals surface area contributed by atoms with Crippen LogP contribution in [0.1, 0.15) is 31.7 Å². The van der Waals surface area contributed by atoms with E-state index in [9.17, 15) is 9.59 Å². The van der Waals surface area contributed by atoms with Gasteiger partial charge in [0.05, 0.1) is 0 Å². The molecule has 8 unspecified atom stereocenters. The number of ether oxygens (including phenoxy) is 3. The molecule has 41 heavy (non-hydrogen) atoms. The summed E-state index contributed by atoms with van der Waals surface area (Å²) in [6.07, 6.45) is 10.5. The standard InChI is InChI=1S/C35H39NO5/c1-34-26-14-16-29(37)32(34)41-33-30(17-15-27-28(21-26)36(2)19-18-35(27,33)34)40-31(38)22-39-20-6-7-23-10-12-25(13-11-23)24-8-4-3-5-9-24/h3-5,8-17,26-28,30,32-33H,6-7,18-22H2,1-2H3. The van der Waals surface area contributed by atoms with E-state index in [2.05, 4.69) is 67.4 Å². The van der Waals surface area contributed by atoms with Gasteiger partial charge in [-0.2, -0.15) is 0 Å². The number of rotatable bonds is 8. The molecule has 2 saturated heterocycles. The Morgan fingerprint density at radius 3 is 2.63 bits per heavy atom. The van der Waals surface area contributed by atoms with Crippen molar-refractivity contribution in [3.05, 3.63) is 84.5 Å². The quantitative estimate of drug-likeness (QED) is 0.260. The SMILES string of the molecule is CN1CCC23C4C=CC(OC(=O)COCCCc5ccc(-c6ccccc6)cc5)C2OC2C(=O)C=CC(CC41)C23C. The largest absolute Gasteiger partial charge is 0.454 e. The number of likely N-dealkylation sites (tertiary alicyclic amines) is 1. The minimum atomic E-state index is -0.511. The molecule has 2 aromatic carbocycles. The highest BCUT2D eigenvalue weighted by Gasteiger charge is 2.76. The van der Waals surface area contributed by atoms with Gasteiger partial charge in [-0.15, -0.1) is 0 Å². The summed E-state index contributed by atoms with van der Waals surface area (Å²) in [4.78, 5) is 28.5. The van der Waals surface area contributed by atoms with Gasteiger partial charge in [0.25, 0.3) is 0 Å². The summed E-state index contributed by atoms with van der Waals surface area (Å²) in [6, 6.07) is 19.4. The Hall–Kier alpha value is -3.06. The molecule has 214 valence electrons. The van der Waals surface area contributed by atoms with Crippen LogP contribution in [0.2, 0.25) is 0 Å². The van der Waals surface area contributed by atoms with E-state index in [1.165, 1.54) is 16.7 Å². The van der Waals surface area contributed by atoms with E-state index in [4.69, 9.17) is 14.2 Å². The second-order valence-corrected chi connectivity index (χ2v) is 12.7. The van der Waals surface area contributed by atoms with Gasteiger partial charge in [-0.3, -0.25) is 4.79 Å². The van der Waals surface area contributed by atoms with E-state index >= 15 is 0 Å². The van der Waals surface area contributed by atoms with Crippen LogP contribution in [0.15, 0.2) is 78.9 Å². The fourth-order valence-corrected chi connectivity index (χ4v) is 8.86. The third-order valence-corrected chi connectivity index (χ3v) is 10.9. The van der Waals surface area contributed by atoms with Crippen molar-refractivity contribution >= 4 is 11.8 Å². The van der Waals surface area contributed by atoms with Crippen molar-refractivity contribution < 1.29 is 23.8 Å². The summed E-state index contributed by atoms with van der Waals surface area (Å²) in [6.45, 7) is 3.61. The highest BCUT2D eigenvalue weighted by molar-refractivity contribution is 5.96. The van der Waals surface area contributed by atoms with Crippen LogP contribution >= 0.6 is 0 Å². The second-order valence-electron chi connectivity index (χ2n) is 12.7. The topological polar surface area (TPSA) is 65.1 Å². The fourth-order valence-electron chi connectivity index (χ4n) is 8.86. The molecule has 2 bridgehead atoms. The summed E-state index contributed by atoms with van der Waals surface area (Å²) in [7, 11) is 2.21.